The number of carbonyl (C=O) groups excluding carboxylic acids is 3. The van der Waals surface area contributed by atoms with Gasteiger partial charge >= 0.3 is 5.97 Å². The van der Waals surface area contributed by atoms with E-state index >= 15 is 0 Å². The molecule has 0 bridgehead atoms. The lowest BCUT2D eigenvalue weighted by Gasteiger charge is -2.23. The van der Waals surface area contributed by atoms with E-state index in [1.807, 2.05) is 50.2 Å². The van der Waals surface area contributed by atoms with Gasteiger partial charge < -0.3 is 15.4 Å². The molecule has 10 heteroatoms. The molecule has 1 aliphatic carbocycles. The molecule has 1 unspecified atom stereocenters. The van der Waals surface area contributed by atoms with E-state index in [0.29, 0.717) is 44.9 Å². The summed E-state index contributed by atoms with van der Waals surface area (Å²) in [6.07, 6.45) is 2.17. The number of esters is 1. The third kappa shape index (κ3) is 5.50. The lowest BCUT2D eigenvalue weighted by atomic mass is 9.85. The normalized spacial score (nSPS) is 12.4. The van der Waals surface area contributed by atoms with Crippen LogP contribution in [0, 0.1) is 5.92 Å². The van der Waals surface area contributed by atoms with E-state index in [-0.39, 0.29) is 46.1 Å². The first kappa shape index (κ1) is 29.3. The molecule has 8 nitrogen and oxygen atoms in total. The number of amides is 1. The van der Waals surface area contributed by atoms with Gasteiger partial charge in [0.2, 0.25) is 0 Å². The fourth-order valence-corrected chi connectivity index (χ4v) is 5.44. The van der Waals surface area contributed by atoms with Gasteiger partial charge in [-0.15, -0.1) is 0 Å². The largest absolute Gasteiger partial charge is 0.461 e. The lowest BCUT2D eigenvalue weighted by Crippen LogP contribution is -2.19. The van der Waals surface area contributed by atoms with E-state index in [4.69, 9.17) is 27.9 Å². The average Bonchev–Trinajstić information content (AvgIpc) is 3.04. The van der Waals surface area contributed by atoms with Crippen molar-refractivity contribution in [3.8, 4) is 11.3 Å². The number of ketones is 1. The highest BCUT2D eigenvalue weighted by atomic mass is 35.5. The Morgan fingerprint density at radius 1 is 0.932 bits per heavy atom. The smallest absolute Gasteiger partial charge is 0.308 e. The number of nitrogens with zero attached hydrogens (tertiary/aromatic N) is 2. The van der Waals surface area contributed by atoms with Crippen molar-refractivity contribution in [1.82, 2.24) is 9.97 Å². The van der Waals surface area contributed by atoms with Gasteiger partial charge in [-0.2, -0.15) is 0 Å². The molecule has 0 aliphatic heterocycles. The minimum absolute atomic E-state index is 0.158. The van der Waals surface area contributed by atoms with E-state index in [9.17, 15) is 14.4 Å². The molecule has 1 amide bonds. The number of anilines is 3. The SMILES string of the molecule is CCC(C)C(=O)OCc1ccc(Nc2cc(NC(=O)c3cc(Cl)ccc3Cl)c3c4c(ncnc24)-c2ccccc2C3=O)cc1. The second-order valence-electron chi connectivity index (χ2n) is 10.5. The summed E-state index contributed by atoms with van der Waals surface area (Å²) in [6, 6.07) is 20.9. The third-order valence-corrected chi connectivity index (χ3v) is 8.18. The molecule has 1 aliphatic rings. The second-order valence-corrected chi connectivity index (χ2v) is 11.3. The maximum atomic E-state index is 13.9. The molecule has 1 aromatic heterocycles. The molecular weight excluding hydrogens is 599 g/mol. The van der Waals surface area contributed by atoms with Crippen molar-refractivity contribution in [2.75, 3.05) is 10.6 Å². The van der Waals surface area contributed by atoms with Crippen molar-refractivity contribution in [3.05, 3.63) is 111 Å². The van der Waals surface area contributed by atoms with Crippen LogP contribution in [0.2, 0.25) is 10.0 Å². The molecule has 0 saturated heterocycles. The Hall–Kier alpha value is -4.79. The highest BCUT2D eigenvalue weighted by Gasteiger charge is 2.31. The molecular formula is C34H26Cl2N4O4. The van der Waals surface area contributed by atoms with Crippen molar-refractivity contribution in [1.29, 1.82) is 0 Å². The van der Waals surface area contributed by atoms with Crippen LogP contribution in [0.3, 0.4) is 0 Å². The minimum Gasteiger partial charge on any atom is -0.461 e. The standard InChI is InChI=1S/C34H26Cl2N4O4/c1-3-18(2)34(43)44-16-19-8-11-21(12-9-19)39-27-15-26(40-33(42)24-14-20(35)10-13-25(24)36)28-29-30(37-17-38-31(27)29)22-6-4-5-7-23(22)32(28)41/h4-15,17-18,39H,3,16H2,1-2H3,(H,40,42). The van der Waals surface area contributed by atoms with Gasteiger partial charge in [0.05, 0.1) is 44.7 Å². The predicted octanol–water partition coefficient (Wildman–Crippen LogP) is 8.23. The van der Waals surface area contributed by atoms with Crippen LogP contribution in [0.1, 0.15) is 52.1 Å². The van der Waals surface area contributed by atoms with Crippen molar-refractivity contribution >= 4 is 68.8 Å². The summed E-state index contributed by atoms with van der Waals surface area (Å²) in [5.41, 5.74) is 5.06. The van der Waals surface area contributed by atoms with Crippen LogP contribution < -0.4 is 10.6 Å². The molecule has 0 fully saturated rings. The van der Waals surface area contributed by atoms with Crippen molar-refractivity contribution in [2.45, 2.75) is 26.9 Å². The first-order chi connectivity index (χ1) is 21.2. The van der Waals surface area contributed by atoms with Crippen LogP contribution in [-0.2, 0) is 16.1 Å². The number of hydrogen-bond acceptors (Lipinski definition) is 7. The summed E-state index contributed by atoms with van der Waals surface area (Å²) in [4.78, 5) is 48.6. The number of ether oxygens (including phenoxy) is 1. The molecule has 1 atom stereocenters. The van der Waals surface area contributed by atoms with Crippen LogP contribution in [0.15, 0.2) is 79.1 Å². The van der Waals surface area contributed by atoms with Crippen LogP contribution in [-0.4, -0.2) is 27.6 Å². The van der Waals surface area contributed by atoms with Gasteiger partial charge in [-0.3, -0.25) is 14.4 Å². The Morgan fingerprint density at radius 3 is 2.43 bits per heavy atom. The topological polar surface area (TPSA) is 110 Å². The monoisotopic (exact) mass is 624 g/mol. The van der Waals surface area contributed by atoms with Gasteiger partial charge in [-0.1, -0.05) is 73.4 Å². The first-order valence-electron chi connectivity index (χ1n) is 14.0. The van der Waals surface area contributed by atoms with Crippen molar-refractivity contribution in [2.24, 2.45) is 5.92 Å². The van der Waals surface area contributed by atoms with Gasteiger partial charge in [-0.25, -0.2) is 9.97 Å². The molecule has 0 saturated carbocycles. The van der Waals surface area contributed by atoms with E-state index in [1.165, 1.54) is 12.4 Å². The zero-order valence-corrected chi connectivity index (χ0v) is 25.3. The molecule has 0 radical (unpaired) electrons. The van der Waals surface area contributed by atoms with Crippen LogP contribution in [0.5, 0.6) is 0 Å². The number of carbonyl (C=O) groups is 3. The summed E-state index contributed by atoms with van der Waals surface area (Å²) in [6.45, 7) is 3.95. The summed E-state index contributed by atoms with van der Waals surface area (Å²) in [7, 11) is 0. The van der Waals surface area contributed by atoms with Gasteiger partial charge in [0.1, 0.15) is 12.9 Å². The molecule has 4 aromatic carbocycles. The third-order valence-electron chi connectivity index (χ3n) is 7.61. The van der Waals surface area contributed by atoms with Gasteiger partial charge in [-0.05, 0) is 48.4 Å². The second kappa shape index (κ2) is 12.1. The minimum atomic E-state index is -0.527. The quantitative estimate of drug-likeness (QED) is 0.164. The summed E-state index contributed by atoms with van der Waals surface area (Å²) in [5.74, 6) is -1.18. The van der Waals surface area contributed by atoms with Crippen LogP contribution >= 0.6 is 23.2 Å². The Bertz CT molecular complexity index is 1960. The van der Waals surface area contributed by atoms with Gasteiger partial charge in [0, 0.05) is 27.2 Å². The van der Waals surface area contributed by atoms with Crippen LogP contribution in [0.25, 0.3) is 22.2 Å². The zero-order chi connectivity index (χ0) is 31.0. The average molecular weight is 626 g/mol. The Kier molecular flexibility index (Phi) is 8.03. The fourth-order valence-electron chi connectivity index (χ4n) is 5.07. The molecule has 220 valence electrons. The number of nitrogens with one attached hydrogen (secondary N) is 2. The summed E-state index contributed by atoms with van der Waals surface area (Å²) in [5, 5.41) is 7.35. The van der Waals surface area contributed by atoms with Crippen molar-refractivity contribution < 1.29 is 19.1 Å². The lowest BCUT2D eigenvalue weighted by molar-refractivity contribution is -0.149. The molecule has 0 spiro atoms. The zero-order valence-electron chi connectivity index (χ0n) is 23.8. The van der Waals surface area contributed by atoms with Gasteiger partial charge in [0.25, 0.3) is 5.91 Å². The molecule has 44 heavy (non-hydrogen) atoms. The summed E-state index contributed by atoms with van der Waals surface area (Å²) >= 11 is 12.5. The highest BCUT2D eigenvalue weighted by Crippen LogP contribution is 2.44. The number of halogens is 2. The summed E-state index contributed by atoms with van der Waals surface area (Å²) < 4.78 is 5.42. The first-order valence-corrected chi connectivity index (χ1v) is 14.8. The number of rotatable bonds is 8. The van der Waals surface area contributed by atoms with Crippen molar-refractivity contribution in [3.63, 3.8) is 0 Å². The Morgan fingerprint density at radius 2 is 1.68 bits per heavy atom. The van der Waals surface area contributed by atoms with Gasteiger partial charge in [0.15, 0.2) is 5.78 Å². The van der Waals surface area contributed by atoms with E-state index < -0.39 is 5.91 Å². The Labute approximate surface area is 263 Å². The number of hydrogen-bond donors (Lipinski definition) is 2. The van der Waals surface area contributed by atoms with E-state index in [0.717, 1.165) is 11.3 Å². The molecule has 2 N–H and O–H groups in total. The fraction of sp³-hybridized carbons (Fsp3) is 0.147. The molecule has 6 rings (SSSR count). The molecule has 5 aromatic rings. The maximum absolute atomic E-state index is 13.9. The number of fused-ring (bicyclic) bond motifs is 2. The Balaban J connectivity index is 1.41. The number of aromatic nitrogens is 2. The van der Waals surface area contributed by atoms with E-state index in [1.54, 1.807) is 30.3 Å². The maximum Gasteiger partial charge on any atom is 0.308 e. The highest BCUT2D eigenvalue weighted by molar-refractivity contribution is 6.37. The number of benzene rings is 4. The molecule has 1 heterocycles. The van der Waals surface area contributed by atoms with Crippen LogP contribution in [0.4, 0.5) is 17.1 Å². The van der Waals surface area contributed by atoms with E-state index in [2.05, 4.69) is 20.6 Å². The predicted molar refractivity (Wildman–Crippen MR) is 172 cm³/mol.